The Morgan fingerprint density at radius 2 is 1.97 bits per heavy atom. The number of carbonyl (C=O) groups excluding carboxylic acids is 2. The largest absolute Gasteiger partial charge is 0.398 e. The molecule has 2 heterocycles. The van der Waals surface area contributed by atoms with Crippen molar-refractivity contribution in [1.29, 1.82) is 0 Å². The summed E-state index contributed by atoms with van der Waals surface area (Å²) >= 11 is 0. The number of aromatic amines is 1. The van der Waals surface area contributed by atoms with Gasteiger partial charge in [0.25, 0.3) is 5.91 Å². The Balaban J connectivity index is 1.64. The van der Waals surface area contributed by atoms with Gasteiger partial charge in [-0.05, 0) is 31.0 Å². The third-order valence-electron chi connectivity index (χ3n) is 4.26. The van der Waals surface area contributed by atoms with E-state index >= 15 is 0 Å². The number of amides is 3. The minimum atomic E-state index is -0.643. The molecule has 2 aromatic heterocycles. The van der Waals surface area contributed by atoms with Crippen molar-refractivity contribution in [3.63, 3.8) is 0 Å². The number of aromatic nitrogens is 5. The molecule has 0 saturated heterocycles. The predicted octanol–water partition coefficient (Wildman–Crippen LogP) is 1.12. The Kier molecular flexibility index (Phi) is 5.97. The average Bonchev–Trinajstić information content (AvgIpc) is 3.21. The number of hydrogen-bond acceptors (Lipinski definition) is 7. The fourth-order valence-corrected chi connectivity index (χ4v) is 2.73. The Morgan fingerprint density at radius 1 is 1.21 bits per heavy atom. The molecule has 0 aliphatic heterocycles. The number of rotatable bonds is 7. The molecule has 0 aliphatic rings. The maximum atomic E-state index is 12.5. The SMILES string of the molecule is CCN(C(N)=O)c1cc(N)c(C(=O)Nc2ccc(CCc3nn[nH]n3)cc2)cn1. The van der Waals surface area contributed by atoms with E-state index in [1.165, 1.54) is 17.2 Å². The monoisotopic (exact) mass is 395 g/mol. The molecule has 6 N–H and O–H groups in total. The van der Waals surface area contributed by atoms with Gasteiger partial charge in [0.05, 0.1) is 5.56 Å². The number of anilines is 3. The number of primary amides is 1. The first-order valence-electron chi connectivity index (χ1n) is 8.93. The molecule has 11 heteroatoms. The summed E-state index contributed by atoms with van der Waals surface area (Å²) in [5.41, 5.74) is 13.4. The van der Waals surface area contributed by atoms with Gasteiger partial charge in [-0.2, -0.15) is 5.21 Å². The number of nitrogens with zero attached hydrogens (tertiary/aromatic N) is 5. The number of hydrogen-bond donors (Lipinski definition) is 4. The second-order valence-corrected chi connectivity index (χ2v) is 6.19. The van der Waals surface area contributed by atoms with Crippen molar-refractivity contribution in [2.24, 2.45) is 5.73 Å². The minimum Gasteiger partial charge on any atom is -0.398 e. The Morgan fingerprint density at radius 3 is 2.55 bits per heavy atom. The van der Waals surface area contributed by atoms with Crippen molar-refractivity contribution >= 4 is 29.1 Å². The van der Waals surface area contributed by atoms with E-state index in [2.05, 4.69) is 30.9 Å². The molecular weight excluding hydrogens is 374 g/mol. The smallest absolute Gasteiger partial charge is 0.320 e. The van der Waals surface area contributed by atoms with Gasteiger partial charge in [-0.25, -0.2) is 9.78 Å². The number of carbonyl (C=O) groups is 2. The minimum absolute atomic E-state index is 0.198. The van der Waals surface area contributed by atoms with Crippen LogP contribution in [0.2, 0.25) is 0 Å². The predicted molar refractivity (Wildman–Crippen MR) is 107 cm³/mol. The van der Waals surface area contributed by atoms with Crippen LogP contribution in [0.1, 0.15) is 28.7 Å². The normalized spacial score (nSPS) is 10.5. The van der Waals surface area contributed by atoms with E-state index in [9.17, 15) is 9.59 Å². The van der Waals surface area contributed by atoms with E-state index in [0.717, 1.165) is 12.0 Å². The molecular formula is C18H21N9O2. The number of pyridine rings is 1. The van der Waals surface area contributed by atoms with Crippen molar-refractivity contribution in [2.45, 2.75) is 19.8 Å². The number of urea groups is 1. The van der Waals surface area contributed by atoms with Crippen molar-refractivity contribution in [3.05, 3.63) is 53.5 Å². The highest BCUT2D eigenvalue weighted by atomic mass is 16.2. The molecule has 1 aromatic carbocycles. The van der Waals surface area contributed by atoms with Gasteiger partial charge in [0.1, 0.15) is 5.82 Å². The summed E-state index contributed by atoms with van der Waals surface area (Å²) in [5, 5.41) is 16.5. The fraction of sp³-hybridized carbons (Fsp3) is 0.222. The van der Waals surface area contributed by atoms with Crippen LogP contribution in [-0.4, -0.2) is 44.1 Å². The van der Waals surface area contributed by atoms with Crippen molar-refractivity contribution in [3.8, 4) is 0 Å². The molecule has 29 heavy (non-hydrogen) atoms. The van der Waals surface area contributed by atoms with Crippen LogP contribution in [0, 0.1) is 0 Å². The van der Waals surface area contributed by atoms with E-state index in [0.29, 0.717) is 30.3 Å². The molecule has 3 rings (SSSR count). The Hall–Kier alpha value is -4.02. The van der Waals surface area contributed by atoms with Gasteiger partial charge >= 0.3 is 6.03 Å². The Labute approximate surface area is 166 Å². The van der Waals surface area contributed by atoms with E-state index in [1.54, 1.807) is 19.1 Å². The van der Waals surface area contributed by atoms with Crippen LogP contribution in [0.15, 0.2) is 36.5 Å². The molecule has 11 nitrogen and oxygen atoms in total. The highest BCUT2D eigenvalue weighted by Gasteiger charge is 2.16. The van der Waals surface area contributed by atoms with Crippen molar-refractivity contribution in [1.82, 2.24) is 25.6 Å². The van der Waals surface area contributed by atoms with Gasteiger partial charge in [-0.3, -0.25) is 9.69 Å². The number of nitrogens with one attached hydrogen (secondary N) is 2. The summed E-state index contributed by atoms with van der Waals surface area (Å²) in [6, 6.07) is 8.22. The first kappa shape index (κ1) is 19.7. The average molecular weight is 395 g/mol. The van der Waals surface area contributed by atoms with Crippen LogP contribution < -0.4 is 21.7 Å². The third kappa shape index (κ3) is 4.83. The first-order valence-corrected chi connectivity index (χ1v) is 8.93. The van der Waals surface area contributed by atoms with Gasteiger partial charge in [-0.1, -0.05) is 17.3 Å². The van der Waals surface area contributed by atoms with Crippen molar-refractivity contribution < 1.29 is 9.59 Å². The maximum absolute atomic E-state index is 12.5. The highest BCUT2D eigenvalue weighted by molar-refractivity contribution is 6.08. The first-order chi connectivity index (χ1) is 14.0. The number of nitrogen functional groups attached to an aromatic ring is 1. The Bertz CT molecular complexity index is 987. The highest BCUT2D eigenvalue weighted by Crippen LogP contribution is 2.20. The van der Waals surface area contributed by atoms with Crippen LogP contribution in [0.4, 0.5) is 22.0 Å². The lowest BCUT2D eigenvalue weighted by molar-refractivity contribution is 0.102. The third-order valence-corrected chi connectivity index (χ3v) is 4.26. The molecule has 0 unspecified atom stereocenters. The molecule has 3 aromatic rings. The topological polar surface area (TPSA) is 169 Å². The maximum Gasteiger partial charge on any atom is 0.320 e. The molecule has 0 radical (unpaired) electrons. The zero-order chi connectivity index (χ0) is 20.8. The zero-order valence-electron chi connectivity index (χ0n) is 15.8. The number of tetrazole rings is 1. The standard InChI is InChI=1S/C18H21N9O2/c1-2-27(18(20)29)16-9-14(19)13(10-21-16)17(28)22-12-6-3-11(4-7-12)5-8-15-23-25-26-24-15/h3-4,6-7,9-10H,2,5,8H2,1H3,(H2,19,21)(H2,20,29)(H,22,28)(H,23,24,25,26). The molecule has 0 aliphatic carbocycles. The second kappa shape index (κ2) is 8.78. The molecule has 0 bridgehead atoms. The molecule has 0 atom stereocenters. The number of aryl methyl sites for hydroxylation is 2. The summed E-state index contributed by atoms with van der Waals surface area (Å²) in [4.78, 5) is 29.3. The lowest BCUT2D eigenvalue weighted by atomic mass is 10.1. The summed E-state index contributed by atoms with van der Waals surface area (Å²) in [6.07, 6.45) is 2.74. The quantitative estimate of drug-likeness (QED) is 0.464. The summed E-state index contributed by atoms with van der Waals surface area (Å²) in [5.74, 6) is 0.537. The van der Waals surface area contributed by atoms with Crippen LogP contribution in [0.5, 0.6) is 0 Å². The van der Waals surface area contributed by atoms with E-state index in [4.69, 9.17) is 11.5 Å². The van der Waals surface area contributed by atoms with Crippen LogP contribution in [0.25, 0.3) is 0 Å². The molecule has 3 amide bonds. The summed E-state index contributed by atoms with van der Waals surface area (Å²) in [6.45, 7) is 2.10. The lowest BCUT2D eigenvalue weighted by Gasteiger charge is -2.18. The lowest BCUT2D eigenvalue weighted by Crippen LogP contribution is -2.36. The number of H-pyrrole nitrogens is 1. The summed E-state index contributed by atoms with van der Waals surface area (Å²) in [7, 11) is 0. The zero-order valence-corrected chi connectivity index (χ0v) is 15.8. The van der Waals surface area contributed by atoms with E-state index in [1.807, 2.05) is 12.1 Å². The van der Waals surface area contributed by atoms with E-state index in [-0.39, 0.29) is 11.3 Å². The molecule has 0 fully saturated rings. The number of benzene rings is 1. The molecule has 0 saturated carbocycles. The molecule has 150 valence electrons. The second-order valence-electron chi connectivity index (χ2n) is 6.19. The van der Waals surface area contributed by atoms with Crippen LogP contribution in [0.3, 0.4) is 0 Å². The van der Waals surface area contributed by atoms with E-state index < -0.39 is 11.9 Å². The van der Waals surface area contributed by atoms with Crippen LogP contribution >= 0.6 is 0 Å². The fourth-order valence-electron chi connectivity index (χ4n) is 2.73. The molecule has 0 spiro atoms. The van der Waals surface area contributed by atoms with Gasteiger partial charge in [-0.15, -0.1) is 10.2 Å². The summed E-state index contributed by atoms with van der Waals surface area (Å²) < 4.78 is 0. The van der Waals surface area contributed by atoms with Gasteiger partial charge in [0, 0.05) is 36.6 Å². The van der Waals surface area contributed by atoms with Gasteiger partial charge in [0.15, 0.2) is 5.82 Å². The van der Waals surface area contributed by atoms with Gasteiger partial charge in [0.2, 0.25) is 0 Å². The van der Waals surface area contributed by atoms with Crippen molar-refractivity contribution in [2.75, 3.05) is 22.5 Å². The number of nitrogens with two attached hydrogens (primary N) is 2. The van der Waals surface area contributed by atoms with Crippen LogP contribution in [-0.2, 0) is 12.8 Å². The van der Waals surface area contributed by atoms with Gasteiger partial charge < -0.3 is 16.8 Å².